The number of amides is 1. The summed E-state index contributed by atoms with van der Waals surface area (Å²) in [6, 6.07) is 13.6. The predicted molar refractivity (Wildman–Crippen MR) is 76.2 cm³/mol. The fourth-order valence-corrected chi connectivity index (χ4v) is 1.87. The number of benzene rings is 1. The van der Waals surface area contributed by atoms with Crippen LogP contribution in [0.15, 0.2) is 48.7 Å². The Balaban J connectivity index is 1.74. The minimum absolute atomic E-state index is 0.0538. The van der Waals surface area contributed by atoms with Crippen LogP contribution in [0.2, 0.25) is 0 Å². The monoisotopic (exact) mass is 271 g/mol. The molecule has 0 unspecified atom stereocenters. The zero-order chi connectivity index (χ0) is 14.2. The van der Waals surface area contributed by atoms with Crippen LogP contribution in [0.25, 0.3) is 0 Å². The average molecular weight is 271 g/mol. The van der Waals surface area contributed by atoms with Gasteiger partial charge in [-0.1, -0.05) is 18.2 Å². The molecule has 0 atom stereocenters. The molecular formula is C16H19N2O2+. The lowest BCUT2D eigenvalue weighted by Crippen LogP contribution is -2.26. The summed E-state index contributed by atoms with van der Waals surface area (Å²) in [6.07, 6.45) is 3.06. The van der Waals surface area contributed by atoms with E-state index in [9.17, 15) is 4.79 Å². The van der Waals surface area contributed by atoms with E-state index in [-0.39, 0.29) is 5.91 Å². The first kappa shape index (κ1) is 14.1. The van der Waals surface area contributed by atoms with E-state index in [1.807, 2.05) is 48.7 Å². The Bertz CT molecular complexity index is 538. The first-order valence-electron chi connectivity index (χ1n) is 6.63. The van der Waals surface area contributed by atoms with E-state index in [1.165, 1.54) is 0 Å². The summed E-state index contributed by atoms with van der Waals surface area (Å²) in [5.41, 5.74) is 2.12. The van der Waals surface area contributed by atoms with Gasteiger partial charge in [-0.25, -0.2) is 4.98 Å². The molecule has 2 aromatic rings. The van der Waals surface area contributed by atoms with E-state index in [2.05, 4.69) is 10.3 Å². The van der Waals surface area contributed by atoms with Gasteiger partial charge in [0.2, 0.25) is 5.91 Å². The molecule has 2 N–H and O–H groups in total. The van der Waals surface area contributed by atoms with Gasteiger partial charge in [0.1, 0.15) is 12.3 Å². The van der Waals surface area contributed by atoms with Gasteiger partial charge in [-0.3, -0.25) is 4.79 Å². The molecule has 2 rings (SSSR count). The average Bonchev–Trinajstić information content (AvgIpc) is 2.52. The van der Waals surface area contributed by atoms with Gasteiger partial charge in [-0.05, 0) is 24.1 Å². The molecule has 0 bridgehead atoms. The summed E-state index contributed by atoms with van der Waals surface area (Å²) in [4.78, 5) is 14.8. The van der Waals surface area contributed by atoms with Gasteiger partial charge in [0, 0.05) is 18.6 Å². The van der Waals surface area contributed by atoms with Crippen molar-refractivity contribution in [3.63, 3.8) is 0 Å². The molecule has 0 aliphatic carbocycles. The number of hydrogen-bond acceptors (Lipinski definition) is 2. The van der Waals surface area contributed by atoms with Crippen LogP contribution in [0, 0.1) is 0 Å². The molecule has 1 aromatic carbocycles. The van der Waals surface area contributed by atoms with Crippen molar-refractivity contribution in [3.05, 3.63) is 59.9 Å². The van der Waals surface area contributed by atoms with E-state index in [0.29, 0.717) is 13.0 Å². The first-order valence-corrected chi connectivity index (χ1v) is 6.63. The third kappa shape index (κ3) is 4.39. The van der Waals surface area contributed by atoms with E-state index < -0.39 is 0 Å². The highest BCUT2D eigenvalue weighted by atomic mass is 16.5. The van der Waals surface area contributed by atoms with Crippen molar-refractivity contribution < 1.29 is 14.5 Å². The van der Waals surface area contributed by atoms with Crippen molar-refractivity contribution in [1.82, 2.24) is 5.32 Å². The second-order valence-electron chi connectivity index (χ2n) is 4.51. The SMILES string of the molecule is COc1ccc(CCC(=O)NCc2cccc[nH+]2)cc1. The summed E-state index contributed by atoms with van der Waals surface area (Å²) < 4.78 is 5.10. The molecule has 0 aliphatic rings. The molecule has 0 saturated carbocycles. The number of aromatic amines is 1. The Morgan fingerprint density at radius 2 is 2.00 bits per heavy atom. The number of hydrogen-bond donors (Lipinski definition) is 1. The van der Waals surface area contributed by atoms with E-state index in [1.54, 1.807) is 7.11 Å². The number of aromatic nitrogens is 1. The summed E-state index contributed by atoms with van der Waals surface area (Å²) in [7, 11) is 1.64. The van der Waals surface area contributed by atoms with Gasteiger partial charge >= 0.3 is 0 Å². The topological polar surface area (TPSA) is 52.5 Å². The molecule has 0 saturated heterocycles. The summed E-state index contributed by atoms with van der Waals surface area (Å²) >= 11 is 0. The van der Waals surface area contributed by atoms with Crippen LogP contribution in [-0.4, -0.2) is 13.0 Å². The predicted octanol–water partition coefficient (Wildman–Crippen LogP) is 1.76. The van der Waals surface area contributed by atoms with Crippen molar-refractivity contribution in [1.29, 1.82) is 0 Å². The first-order chi connectivity index (χ1) is 9.78. The third-order valence-electron chi connectivity index (χ3n) is 3.05. The molecule has 104 valence electrons. The quantitative estimate of drug-likeness (QED) is 0.870. The number of carbonyl (C=O) groups is 1. The number of methoxy groups -OCH3 is 1. The number of rotatable bonds is 6. The maximum atomic E-state index is 11.8. The molecule has 4 heteroatoms. The van der Waals surface area contributed by atoms with Crippen LogP contribution in [0.1, 0.15) is 17.7 Å². The van der Waals surface area contributed by atoms with Crippen molar-refractivity contribution >= 4 is 5.91 Å². The van der Waals surface area contributed by atoms with Crippen molar-refractivity contribution in [3.8, 4) is 5.75 Å². The highest BCUT2D eigenvalue weighted by molar-refractivity contribution is 5.76. The number of aryl methyl sites for hydroxylation is 1. The van der Waals surface area contributed by atoms with Crippen LogP contribution in [-0.2, 0) is 17.8 Å². The fraction of sp³-hybridized carbons (Fsp3) is 0.250. The molecule has 1 amide bonds. The molecule has 0 fully saturated rings. The Labute approximate surface area is 118 Å². The standard InChI is InChI=1S/C16H18N2O2/c1-20-15-8-5-13(6-9-15)7-10-16(19)18-12-14-4-2-3-11-17-14/h2-6,8-9,11H,7,10,12H2,1H3,(H,18,19)/p+1. The molecule has 1 heterocycles. The molecule has 1 aromatic heterocycles. The summed E-state index contributed by atoms with van der Waals surface area (Å²) in [6.45, 7) is 0.530. The number of H-pyrrole nitrogens is 1. The maximum Gasteiger partial charge on any atom is 0.220 e. The lowest BCUT2D eigenvalue weighted by atomic mass is 10.1. The minimum Gasteiger partial charge on any atom is -0.497 e. The Hall–Kier alpha value is -2.36. The second-order valence-corrected chi connectivity index (χ2v) is 4.51. The highest BCUT2D eigenvalue weighted by Crippen LogP contribution is 2.12. The molecule has 0 radical (unpaired) electrons. The number of nitrogens with one attached hydrogen (secondary N) is 2. The normalized spacial score (nSPS) is 10.1. The van der Waals surface area contributed by atoms with Crippen LogP contribution in [0.5, 0.6) is 5.75 Å². The Morgan fingerprint density at radius 1 is 1.20 bits per heavy atom. The van der Waals surface area contributed by atoms with E-state index in [0.717, 1.165) is 23.4 Å². The number of pyridine rings is 1. The van der Waals surface area contributed by atoms with Crippen molar-refractivity contribution in [2.24, 2.45) is 0 Å². The van der Waals surface area contributed by atoms with Crippen LogP contribution < -0.4 is 15.0 Å². The Morgan fingerprint density at radius 3 is 2.65 bits per heavy atom. The summed E-state index contributed by atoms with van der Waals surface area (Å²) in [5, 5.41) is 2.90. The van der Waals surface area contributed by atoms with Crippen LogP contribution >= 0.6 is 0 Å². The van der Waals surface area contributed by atoms with Gasteiger partial charge in [-0.2, -0.15) is 0 Å². The van der Waals surface area contributed by atoms with Crippen molar-refractivity contribution in [2.45, 2.75) is 19.4 Å². The maximum absolute atomic E-state index is 11.8. The van der Waals surface area contributed by atoms with Gasteiger partial charge in [0.05, 0.1) is 7.11 Å². The van der Waals surface area contributed by atoms with E-state index >= 15 is 0 Å². The number of ether oxygens (including phenoxy) is 1. The van der Waals surface area contributed by atoms with Crippen LogP contribution in [0.4, 0.5) is 0 Å². The van der Waals surface area contributed by atoms with Crippen LogP contribution in [0.3, 0.4) is 0 Å². The van der Waals surface area contributed by atoms with E-state index in [4.69, 9.17) is 4.74 Å². The smallest absolute Gasteiger partial charge is 0.220 e. The van der Waals surface area contributed by atoms with Gasteiger partial charge in [0.15, 0.2) is 11.9 Å². The molecule has 0 aliphatic heterocycles. The number of carbonyl (C=O) groups excluding carboxylic acids is 1. The fourth-order valence-electron chi connectivity index (χ4n) is 1.87. The van der Waals surface area contributed by atoms with Crippen molar-refractivity contribution in [2.75, 3.05) is 7.11 Å². The van der Waals surface area contributed by atoms with Gasteiger partial charge < -0.3 is 10.1 Å². The summed E-state index contributed by atoms with van der Waals surface area (Å²) in [5.74, 6) is 0.885. The van der Waals surface area contributed by atoms with Gasteiger partial charge in [-0.15, -0.1) is 0 Å². The molecule has 20 heavy (non-hydrogen) atoms. The lowest BCUT2D eigenvalue weighted by Gasteiger charge is -2.04. The zero-order valence-electron chi connectivity index (χ0n) is 11.6. The minimum atomic E-state index is 0.0538. The zero-order valence-corrected chi connectivity index (χ0v) is 11.6. The van der Waals surface area contributed by atoms with Gasteiger partial charge in [0.25, 0.3) is 0 Å². The third-order valence-corrected chi connectivity index (χ3v) is 3.05. The molecular weight excluding hydrogens is 252 g/mol. The highest BCUT2D eigenvalue weighted by Gasteiger charge is 2.05. The second kappa shape index (κ2) is 7.28. The molecule has 4 nitrogen and oxygen atoms in total. The largest absolute Gasteiger partial charge is 0.497 e. The molecule has 0 spiro atoms. The Kier molecular flexibility index (Phi) is 5.12. The lowest BCUT2D eigenvalue weighted by molar-refractivity contribution is -0.390.